The number of aromatic nitrogens is 2. The van der Waals surface area contributed by atoms with Gasteiger partial charge < -0.3 is 10.4 Å². The summed E-state index contributed by atoms with van der Waals surface area (Å²) >= 11 is 0. The van der Waals surface area contributed by atoms with Crippen molar-refractivity contribution < 1.29 is 5.11 Å². The van der Waals surface area contributed by atoms with Gasteiger partial charge in [0.2, 0.25) is 0 Å². The third-order valence-corrected chi connectivity index (χ3v) is 2.61. The van der Waals surface area contributed by atoms with Gasteiger partial charge in [0.25, 0.3) is 0 Å². The maximum absolute atomic E-state index is 8.70. The van der Waals surface area contributed by atoms with Gasteiger partial charge in [0.1, 0.15) is 5.82 Å². The summed E-state index contributed by atoms with van der Waals surface area (Å²) in [5.74, 6) is 0.846. The first-order chi connectivity index (χ1) is 8.35. The van der Waals surface area contributed by atoms with Crippen LogP contribution in [0.4, 0.5) is 5.82 Å². The maximum atomic E-state index is 8.70. The number of fused-ring (bicyclic) bond motifs is 1. The van der Waals surface area contributed by atoms with E-state index in [1.165, 1.54) is 0 Å². The summed E-state index contributed by atoms with van der Waals surface area (Å²) in [6, 6.07) is 8.06. The molecule has 0 unspecified atom stereocenters. The Balaban J connectivity index is 2.24. The Kier molecular flexibility index (Phi) is 3.77. The molecule has 0 radical (unpaired) electrons. The summed E-state index contributed by atoms with van der Waals surface area (Å²) in [4.78, 5) is 0. The molecule has 2 aromatic heterocycles. The average molecular weight is 231 g/mol. The third-order valence-electron chi connectivity index (χ3n) is 2.61. The highest BCUT2D eigenvalue weighted by Crippen LogP contribution is 2.13. The number of aliphatic hydroxyl groups excluding tert-OH is 1. The summed E-state index contributed by atoms with van der Waals surface area (Å²) in [6.45, 7) is 0.237. The van der Waals surface area contributed by atoms with Crippen molar-refractivity contribution in [2.24, 2.45) is 0 Å². The molecular weight excluding hydrogens is 214 g/mol. The number of hydrogen-bond acceptors (Lipinski definition) is 3. The molecule has 2 aromatic rings. The predicted octanol–water partition coefficient (Wildman–Crippen LogP) is 2.16. The molecule has 0 amide bonds. The van der Waals surface area contributed by atoms with Crippen LogP contribution in [0, 0.1) is 0 Å². The number of unbranched alkanes of at least 4 members (excludes halogenated alkanes) is 1. The van der Waals surface area contributed by atoms with Gasteiger partial charge in [-0.2, -0.15) is 5.10 Å². The molecule has 2 rings (SSSR count). The van der Waals surface area contributed by atoms with E-state index >= 15 is 0 Å². The Morgan fingerprint density at radius 2 is 2.18 bits per heavy atom. The zero-order valence-corrected chi connectivity index (χ0v) is 9.93. The molecule has 0 spiro atoms. The number of aliphatic hydroxyl groups is 1. The Morgan fingerprint density at radius 3 is 2.94 bits per heavy atom. The van der Waals surface area contributed by atoms with Crippen LogP contribution in [-0.4, -0.2) is 28.4 Å². The lowest BCUT2D eigenvalue weighted by atomic mass is 10.3. The van der Waals surface area contributed by atoms with Crippen LogP contribution in [0.15, 0.2) is 30.3 Å². The summed E-state index contributed by atoms with van der Waals surface area (Å²) in [7, 11) is 1.86. The topological polar surface area (TPSA) is 49.6 Å². The summed E-state index contributed by atoms with van der Waals surface area (Å²) in [5.41, 5.74) is 2.13. The lowest BCUT2D eigenvalue weighted by Gasteiger charge is -2.01. The maximum Gasteiger partial charge on any atom is 0.146 e. The molecule has 0 saturated heterocycles. The number of allylic oxidation sites excluding steroid dienone is 1. The second kappa shape index (κ2) is 5.50. The molecule has 2 heterocycles. The molecule has 0 fully saturated rings. The monoisotopic (exact) mass is 231 g/mol. The van der Waals surface area contributed by atoms with Gasteiger partial charge in [-0.3, -0.25) is 0 Å². The van der Waals surface area contributed by atoms with Crippen LogP contribution < -0.4 is 5.32 Å². The molecule has 0 atom stereocenters. The summed E-state index contributed by atoms with van der Waals surface area (Å²) < 4.78 is 1.90. The van der Waals surface area contributed by atoms with E-state index in [9.17, 15) is 0 Å². The van der Waals surface area contributed by atoms with E-state index in [1.807, 2.05) is 41.9 Å². The highest BCUT2D eigenvalue weighted by atomic mass is 16.2. The highest BCUT2D eigenvalue weighted by Gasteiger charge is 2.00. The second-order valence-electron chi connectivity index (χ2n) is 3.83. The predicted molar refractivity (Wildman–Crippen MR) is 70.1 cm³/mol. The van der Waals surface area contributed by atoms with Gasteiger partial charge in [-0.15, -0.1) is 0 Å². The fourth-order valence-corrected chi connectivity index (χ4v) is 1.68. The zero-order valence-electron chi connectivity index (χ0n) is 9.93. The summed E-state index contributed by atoms with van der Waals surface area (Å²) in [5, 5.41) is 16.2. The van der Waals surface area contributed by atoms with Crippen molar-refractivity contribution in [3.8, 4) is 0 Å². The van der Waals surface area contributed by atoms with Crippen molar-refractivity contribution in [2.45, 2.75) is 12.8 Å². The zero-order chi connectivity index (χ0) is 12.1. The van der Waals surface area contributed by atoms with Crippen LogP contribution in [0.3, 0.4) is 0 Å². The largest absolute Gasteiger partial charge is 0.396 e. The SMILES string of the molecule is CNc1ccc2ccc(/C=C\CCCO)n2n1. The van der Waals surface area contributed by atoms with Gasteiger partial charge in [-0.1, -0.05) is 6.08 Å². The Bertz CT molecular complexity index is 516. The van der Waals surface area contributed by atoms with Crippen LogP contribution in [0.25, 0.3) is 11.6 Å². The van der Waals surface area contributed by atoms with E-state index in [0.717, 1.165) is 29.9 Å². The van der Waals surface area contributed by atoms with Crippen LogP contribution >= 0.6 is 0 Å². The lowest BCUT2D eigenvalue weighted by molar-refractivity contribution is 0.290. The van der Waals surface area contributed by atoms with Crippen molar-refractivity contribution in [3.05, 3.63) is 36.0 Å². The number of hydrogen-bond donors (Lipinski definition) is 2. The molecule has 17 heavy (non-hydrogen) atoms. The molecule has 4 nitrogen and oxygen atoms in total. The van der Waals surface area contributed by atoms with E-state index < -0.39 is 0 Å². The van der Waals surface area contributed by atoms with Crippen molar-refractivity contribution >= 4 is 17.4 Å². The van der Waals surface area contributed by atoms with Crippen LogP contribution in [0.1, 0.15) is 18.5 Å². The molecule has 0 aliphatic heterocycles. The van der Waals surface area contributed by atoms with Crippen LogP contribution in [0.5, 0.6) is 0 Å². The smallest absolute Gasteiger partial charge is 0.146 e. The van der Waals surface area contributed by atoms with E-state index in [-0.39, 0.29) is 6.61 Å². The molecule has 2 N–H and O–H groups in total. The number of rotatable bonds is 5. The third kappa shape index (κ3) is 2.65. The molecule has 0 aromatic carbocycles. The second-order valence-corrected chi connectivity index (χ2v) is 3.83. The van der Waals surface area contributed by atoms with Gasteiger partial charge in [-0.05, 0) is 43.2 Å². The van der Waals surface area contributed by atoms with Gasteiger partial charge >= 0.3 is 0 Å². The van der Waals surface area contributed by atoms with Gasteiger partial charge in [0.15, 0.2) is 0 Å². The molecule has 90 valence electrons. The minimum absolute atomic E-state index is 0.237. The standard InChI is InChI=1S/C13H17N3O/c1-14-13-9-8-12-7-6-11(16(12)15-13)5-3-2-4-10-17/h3,5-9,17H,2,4,10H2,1H3,(H,14,15)/b5-3-. The molecular formula is C13H17N3O. The Labute approximate surface area is 101 Å². The molecule has 4 heteroatoms. The first kappa shape index (κ1) is 11.7. The molecule has 0 bridgehead atoms. The fraction of sp³-hybridized carbons (Fsp3) is 0.308. The minimum atomic E-state index is 0.237. The number of anilines is 1. The van der Waals surface area contributed by atoms with Gasteiger partial charge in [0.05, 0.1) is 11.2 Å². The minimum Gasteiger partial charge on any atom is -0.396 e. The average Bonchev–Trinajstić information content (AvgIpc) is 2.77. The Hall–Kier alpha value is -1.81. The Morgan fingerprint density at radius 1 is 1.35 bits per heavy atom. The summed E-state index contributed by atoms with van der Waals surface area (Å²) in [6.07, 6.45) is 5.78. The normalized spacial score (nSPS) is 11.4. The number of nitrogens with one attached hydrogen (secondary N) is 1. The van der Waals surface area contributed by atoms with E-state index in [4.69, 9.17) is 5.11 Å². The van der Waals surface area contributed by atoms with Crippen molar-refractivity contribution in [3.63, 3.8) is 0 Å². The molecule has 0 aliphatic rings. The van der Waals surface area contributed by atoms with Crippen LogP contribution in [-0.2, 0) is 0 Å². The highest BCUT2D eigenvalue weighted by molar-refractivity contribution is 5.58. The van der Waals surface area contributed by atoms with Gasteiger partial charge in [-0.25, -0.2) is 4.52 Å². The van der Waals surface area contributed by atoms with Crippen molar-refractivity contribution in [1.29, 1.82) is 0 Å². The van der Waals surface area contributed by atoms with E-state index in [0.29, 0.717) is 0 Å². The lowest BCUT2D eigenvalue weighted by Crippen LogP contribution is -1.99. The quantitative estimate of drug-likeness (QED) is 0.775. The molecule has 0 saturated carbocycles. The molecule has 0 aliphatic carbocycles. The van der Waals surface area contributed by atoms with Crippen molar-refractivity contribution in [1.82, 2.24) is 9.61 Å². The van der Waals surface area contributed by atoms with E-state index in [1.54, 1.807) is 0 Å². The van der Waals surface area contributed by atoms with Crippen molar-refractivity contribution in [2.75, 3.05) is 19.0 Å². The fourth-order valence-electron chi connectivity index (χ4n) is 1.68. The first-order valence-electron chi connectivity index (χ1n) is 5.79. The number of nitrogens with zero attached hydrogens (tertiary/aromatic N) is 2. The van der Waals surface area contributed by atoms with Crippen LogP contribution in [0.2, 0.25) is 0 Å². The van der Waals surface area contributed by atoms with Gasteiger partial charge in [0, 0.05) is 13.7 Å². The van der Waals surface area contributed by atoms with E-state index in [2.05, 4.69) is 16.5 Å². The first-order valence-corrected chi connectivity index (χ1v) is 5.79.